The fourth-order valence-electron chi connectivity index (χ4n) is 2.53. The first-order valence-electron chi connectivity index (χ1n) is 8.33. The van der Waals surface area contributed by atoms with Gasteiger partial charge >= 0.3 is 6.03 Å². The zero-order valence-electron chi connectivity index (χ0n) is 14.7. The molecule has 0 aliphatic rings. The highest BCUT2D eigenvalue weighted by atomic mass is 19.1. The first kappa shape index (κ1) is 18.9. The van der Waals surface area contributed by atoms with Gasteiger partial charge in [0.15, 0.2) is 0 Å². The van der Waals surface area contributed by atoms with E-state index in [-0.39, 0.29) is 12.4 Å². The van der Waals surface area contributed by atoms with Gasteiger partial charge in [-0.25, -0.2) is 9.18 Å². The average Bonchev–Trinajstić information content (AvgIpc) is 3.00. The number of halogens is 1. The number of nitrogens with zero attached hydrogens (tertiary/aromatic N) is 1. The summed E-state index contributed by atoms with van der Waals surface area (Å²) in [7, 11) is 0. The molecule has 0 radical (unpaired) electrons. The molecule has 1 atom stereocenters. The quantitative estimate of drug-likeness (QED) is 0.717. The Hall–Kier alpha value is -2.41. The lowest BCUT2D eigenvalue weighted by molar-refractivity contribution is 0.0593. The lowest BCUT2D eigenvalue weighted by Gasteiger charge is -2.24. The van der Waals surface area contributed by atoms with E-state index in [2.05, 4.69) is 15.8 Å². The van der Waals surface area contributed by atoms with E-state index < -0.39 is 11.6 Å². The van der Waals surface area contributed by atoms with E-state index in [4.69, 9.17) is 4.52 Å². The number of hydrogen-bond acceptors (Lipinski definition) is 4. The molecule has 0 saturated carbocycles. The van der Waals surface area contributed by atoms with Crippen LogP contribution >= 0.6 is 0 Å². The molecule has 0 bridgehead atoms. The number of nitrogens with one attached hydrogen (secondary N) is 2. The fourth-order valence-corrected chi connectivity index (χ4v) is 2.53. The van der Waals surface area contributed by atoms with Crippen LogP contribution in [0.3, 0.4) is 0 Å². The third-order valence-corrected chi connectivity index (χ3v) is 4.09. The van der Waals surface area contributed by atoms with Crippen molar-refractivity contribution in [3.05, 3.63) is 52.7 Å². The number of rotatable bonds is 7. The number of hydrogen-bond donors (Lipinski definition) is 3. The Balaban J connectivity index is 1.90. The van der Waals surface area contributed by atoms with Gasteiger partial charge in [-0.15, -0.1) is 0 Å². The number of carbonyl (C=O) groups is 1. The van der Waals surface area contributed by atoms with Crippen LogP contribution in [0.1, 0.15) is 43.4 Å². The molecule has 0 aliphatic heterocycles. The molecule has 0 fully saturated rings. The maximum absolute atomic E-state index is 13.0. The number of aliphatic hydroxyl groups is 1. The summed E-state index contributed by atoms with van der Waals surface area (Å²) >= 11 is 0. The Morgan fingerprint density at radius 3 is 2.52 bits per heavy atom. The predicted octanol–water partition coefficient (Wildman–Crippen LogP) is 2.65. The van der Waals surface area contributed by atoms with Gasteiger partial charge in [0.2, 0.25) is 0 Å². The zero-order chi connectivity index (χ0) is 18.4. The molecule has 0 saturated heterocycles. The molecule has 2 aromatic rings. The van der Waals surface area contributed by atoms with Crippen LogP contribution in [0, 0.1) is 5.82 Å². The molecule has 25 heavy (non-hydrogen) atoms. The van der Waals surface area contributed by atoms with Gasteiger partial charge in [-0.1, -0.05) is 31.1 Å². The maximum atomic E-state index is 13.0. The van der Waals surface area contributed by atoms with Crippen LogP contribution in [0.5, 0.6) is 0 Å². The van der Waals surface area contributed by atoms with Crippen LogP contribution in [0.2, 0.25) is 0 Å². The first-order chi connectivity index (χ1) is 11.9. The molecule has 7 heteroatoms. The van der Waals surface area contributed by atoms with E-state index in [0.29, 0.717) is 18.5 Å². The minimum atomic E-state index is -1.30. The van der Waals surface area contributed by atoms with Crippen molar-refractivity contribution in [3.63, 3.8) is 0 Å². The van der Waals surface area contributed by atoms with Crippen molar-refractivity contribution < 1.29 is 18.8 Å². The second-order valence-corrected chi connectivity index (χ2v) is 6.06. The van der Waals surface area contributed by atoms with Crippen LogP contribution in [-0.4, -0.2) is 22.8 Å². The van der Waals surface area contributed by atoms with E-state index in [1.165, 1.54) is 24.3 Å². The van der Waals surface area contributed by atoms with Crippen molar-refractivity contribution >= 4 is 6.03 Å². The molecule has 2 rings (SSSR count). The van der Waals surface area contributed by atoms with Crippen molar-refractivity contribution in [2.24, 2.45) is 0 Å². The first-order valence-corrected chi connectivity index (χ1v) is 8.33. The summed E-state index contributed by atoms with van der Waals surface area (Å²) in [6, 6.07) is 5.12. The molecule has 1 heterocycles. The molecule has 2 amide bonds. The van der Waals surface area contributed by atoms with E-state index in [9.17, 15) is 14.3 Å². The average molecular weight is 349 g/mol. The van der Waals surface area contributed by atoms with Gasteiger partial charge in [-0.05, 0) is 31.0 Å². The topological polar surface area (TPSA) is 87.4 Å². The SMILES string of the molecule is CCc1noc(CC)c1CNC(=O)NCC(C)(O)c1ccc(F)cc1. The van der Waals surface area contributed by atoms with Gasteiger partial charge in [-0.2, -0.15) is 0 Å². The second-order valence-electron chi connectivity index (χ2n) is 6.06. The number of amides is 2. The fraction of sp³-hybridized carbons (Fsp3) is 0.444. The van der Waals surface area contributed by atoms with Gasteiger partial charge in [0.1, 0.15) is 17.2 Å². The van der Waals surface area contributed by atoms with Crippen LogP contribution in [0.25, 0.3) is 0 Å². The van der Waals surface area contributed by atoms with Gasteiger partial charge < -0.3 is 20.3 Å². The van der Waals surface area contributed by atoms with Crippen LogP contribution < -0.4 is 10.6 Å². The van der Waals surface area contributed by atoms with Gasteiger partial charge in [-0.3, -0.25) is 0 Å². The van der Waals surface area contributed by atoms with Crippen LogP contribution in [0.15, 0.2) is 28.8 Å². The van der Waals surface area contributed by atoms with Crippen LogP contribution in [0.4, 0.5) is 9.18 Å². The minimum absolute atomic E-state index is 0.00459. The number of aromatic nitrogens is 1. The molecule has 1 aromatic heterocycles. The summed E-state index contributed by atoms with van der Waals surface area (Å²) in [6.45, 7) is 5.80. The minimum Gasteiger partial charge on any atom is -0.384 e. The number of urea groups is 1. The van der Waals surface area contributed by atoms with Gasteiger partial charge in [0, 0.05) is 18.5 Å². The molecular weight excluding hydrogens is 325 g/mol. The van der Waals surface area contributed by atoms with E-state index in [0.717, 1.165) is 23.4 Å². The summed E-state index contributed by atoms with van der Waals surface area (Å²) in [4.78, 5) is 12.0. The Labute approximate surface area is 146 Å². The Morgan fingerprint density at radius 1 is 1.24 bits per heavy atom. The van der Waals surface area contributed by atoms with Crippen molar-refractivity contribution in [1.29, 1.82) is 0 Å². The summed E-state index contributed by atoms with van der Waals surface area (Å²) in [5, 5.41) is 19.8. The number of benzene rings is 1. The molecular formula is C18H24FN3O3. The Kier molecular flexibility index (Phi) is 6.14. The lowest BCUT2D eigenvalue weighted by Crippen LogP contribution is -2.43. The second kappa shape index (κ2) is 8.11. The molecule has 1 unspecified atom stereocenters. The van der Waals surface area contributed by atoms with Gasteiger partial charge in [0.05, 0.1) is 12.2 Å². The highest BCUT2D eigenvalue weighted by Gasteiger charge is 2.24. The predicted molar refractivity (Wildman–Crippen MR) is 91.5 cm³/mol. The molecule has 0 spiro atoms. The Bertz CT molecular complexity index is 689. The summed E-state index contributed by atoms with van der Waals surface area (Å²) in [5.74, 6) is 0.382. The van der Waals surface area contributed by atoms with Crippen molar-refractivity contribution in [1.82, 2.24) is 15.8 Å². The van der Waals surface area contributed by atoms with E-state index in [1.54, 1.807) is 6.92 Å². The monoisotopic (exact) mass is 349 g/mol. The highest BCUT2D eigenvalue weighted by Crippen LogP contribution is 2.20. The number of carbonyl (C=O) groups excluding carboxylic acids is 1. The largest absolute Gasteiger partial charge is 0.384 e. The zero-order valence-corrected chi connectivity index (χ0v) is 14.7. The van der Waals surface area contributed by atoms with Crippen molar-refractivity contribution in [3.8, 4) is 0 Å². The number of aryl methyl sites for hydroxylation is 2. The molecule has 3 N–H and O–H groups in total. The Morgan fingerprint density at radius 2 is 1.92 bits per heavy atom. The molecule has 1 aromatic carbocycles. The lowest BCUT2D eigenvalue weighted by atomic mass is 9.96. The van der Waals surface area contributed by atoms with Crippen molar-refractivity contribution in [2.75, 3.05) is 6.54 Å². The highest BCUT2D eigenvalue weighted by molar-refractivity contribution is 5.74. The third-order valence-electron chi connectivity index (χ3n) is 4.09. The van der Waals surface area contributed by atoms with Gasteiger partial charge in [0.25, 0.3) is 0 Å². The summed E-state index contributed by atoms with van der Waals surface area (Å²) < 4.78 is 18.2. The maximum Gasteiger partial charge on any atom is 0.315 e. The summed E-state index contributed by atoms with van der Waals surface area (Å²) in [5.41, 5.74) is 0.946. The van der Waals surface area contributed by atoms with E-state index in [1.807, 2.05) is 13.8 Å². The molecule has 6 nitrogen and oxygen atoms in total. The van der Waals surface area contributed by atoms with Crippen molar-refractivity contribution in [2.45, 2.75) is 45.8 Å². The van der Waals surface area contributed by atoms with E-state index >= 15 is 0 Å². The van der Waals surface area contributed by atoms with Crippen LogP contribution in [-0.2, 0) is 25.0 Å². The smallest absolute Gasteiger partial charge is 0.315 e. The third kappa shape index (κ3) is 4.79. The molecule has 0 aliphatic carbocycles. The summed E-state index contributed by atoms with van der Waals surface area (Å²) in [6.07, 6.45) is 1.42. The standard InChI is InChI=1S/C18H24FN3O3/c1-4-15-14(16(5-2)25-22-15)10-20-17(23)21-11-18(3,24)12-6-8-13(19)9-7-12/h6-9,24H,4-5,10-11H2,1-3H3,(H2,20,21,23). The normalized spacial score (nSPS) is 13.3. The molecule has 136 valence electrons.